The summed E-state index contributed by atoms with van der Waals surface area (Å²) in [7, 11) is 0. The number of rotatable bonds is 4. The van der Waals surface area contributed by atoms with Gasteiger partial charge in [0.25, 0.3) is 5.91 Å². The predicted molar refractivity (Wildman–Crippen MR) is 66.1 cm³/mol. The van der Waals surface area contributed by atoms with E-state index in [2.05, 4.69) is 5.32 Å². The van der Waals surface area contributed by atoms with Gasteiger partial charge in [0.15, 0.2) is 0 Å². The summed E-state index contributed by atoms with van der Waals surface area (Å²) < 4.78 is 0. The highest BCUT2D eigenvalue weighted by molar-refractivity contribution is 5.97. The summed E-state index contributed by atoms with van der Waals surface area (Å²) in [5, 5.41) is 22.1. The number of hydrogen-bond acceptors (Lipinski definition) is 3. The average Bonchev–Trinajstić information content (AvgIpc) is 2.30. The van der Waals surface area contributed by atoms with Crippen LogP contribution in [0.2, 0.25) is 0 Å². The predicted octanol–water partition coefficient (Wildman–Crippen LogP) is 1.59. The molecule has 1 aromatic carbocycles. The fraction of sp³-hybridized carbons (Fsp3) is 0.462. The van der Waals surface area contributed by atoms with Crippen molar-refractivity contribution in [2.24, 2.45) is 0 Å². The molecule has 4 nitrogen and oxygen atoms in total. The quantitative estimate of drug-likeness (QED) is 0.744. The van der Waals surface area contributed by atoms with Gasteiger partial charge in [0, 0.05) is 6.54 Å². The van der Waals surface area contributed by atoms with E-state index in [0.29, 0.717) is 12.0 Å². The van der Waals surface area contributed by atoms with Crippen LogP contribution in [-0.2, 0) is 0 Å². The van der Waals surface area contributed by atoms with Gasteiger partial charge in [0.2, 0.25) is 0 Å². The highest BCUT2D eigenvalue weighted by Crippen LogP contribution is 2.21. The molecule has 4 heteroatoms. The summed E-state index contributed by atoms with van der Waals surface area (Å²) in [6.45, 7) is 5.39. The molecule has 0 saturated carbocycles. The second kappa shape index (κ2) is 5.19. The number of aliphatic hydroxyl groups is 1. The van der Waals surface area contributed by atoms with E-state index in [1.165, 1.54) is 0 Å². The van der Waals surface area contributed by atoms with Crippen molar-refractivity contribution >= 4 is 5.91 Å². The minimum atomic E-state index is -0.922. The van der Waals surface area contributed by atoms with Crippen molar-refractivity contribution in [2.45, 2.75) is 32.8 Å². The van der Waals surface area contributed by atoms with Gasteiger partial charge in [-0.2, -0.15) is 0 Å². The molecule has 0 heterocycles. The first-order valence-electron chi connectivity index (χ1n) is 5.66. The molecule has 0 aliphatic heterocycles. The van der Waals surface area contributed by atoms with Gasteiger partial charge in [-0.3, -0.25) is 4.79 Å². The Morgan fingerprint density at radius 1 is 1.47 bits per heavy atom. The molecule has 0 aliphatic carbocycles. The zero-order valence-corrected chi connectivity index (χ0v) is 10.4. The minimum absolute atomic E-state index is 0.0128. The third kappa shape index (κ3) is 3.46. The summed E-state index contributed by atoms with van der Waals surface area (Å²) in [6.07, 6.45) is 0.549. The highest BCUT2D eigenvalue weighted by Gasteiger charge is 2.20. The lowest BCUT2D eigenvalue weighted by Gasteiger charge is -2.21. The van der Waals surface area contributed by atoms with E-state index in [0.717, 1.165) is 0 Å². The molecule has 3 N–H and O–H groups in total. The van der Waals surface area contributed by atoms with Crippen LogP contribution in [-0.4, -0.2) is 28.3 Å². The number of para-hydroxylation sites is 1. The molecule has 0 bridgehead atoms. The number of phenols is 1. The Morgan fingerprint density at radius 3 is 2.71 bits per heavy atom. The first-order chi connectivity index (χ1) is 7.87. The lowest BCUT2D eigenvalue weighted by atomic mass is 10.0. The van der Waals surface area contributed by atoms with E-state index in [1.807, 2.05) is 6.92 Å². The molecule has 17 heavy (non-hydrogen) atoms. The van der Waals surface area contributed by atoms with Crippen LogP contribution in [0, 0.1) is 6.92 Å². The van der Waals surface area contributed by atoms with Crippen LogP contribution in [0.1, 0.15) is 36.2 Å². The van der Waals surface area contributed by atoms with Crippen LogP contribution in [0.3, 0.4) is 0 Å². The number of carbonyl (C=O) groups excluding carboxylic acids is 1. The molecule has 0 aliphatic rings. The van der Waals surface area contributed by atoms with E-state index >= 15 is 0 Å². The number of nitrogens with one attached hydrogen (secondary N) is 1. The first-order valence-corrected chi connectivity index (χ1v) is 5.66. The number of hydrogen-bond donors (Lipinski definition) is 3. The molecule has 94 valence electrons. The van der Waals surface area contributed by atoms with E-state index in [1.54, 1.807) is 32.0 Å². The van der Waals surface area contributed by atoms with Gasteiger partial charge in [-0.15, -0.1) is 0 Å². The van der Waals surface area contributed by atoms with Gasteiger partial charge in [0.05, 0.1) is 11.2 Å². The second-order valence-corrected chi connectivity index (χ2v) is 4.50. The highest BCUT2D eigenvalue weighted by atomic mass is 16.3. The Bertz CT molecular complexity index is 413. The third-order valence-electron chi connectivity index (χ3n) is 2.87. The molecule has 1 rings (SSSR count). The monoisotopic (exact) mass is 237 g/mol. The molecule has 0 aromatic heterocycles. The lowest BCUT2D eigenvalue weighted by molar-refractivity contribution is 0.0517. The standard InChI is InChI=1S/C13H19NO3/c1-4-13(3,17)8-14-12(16)10-7-5-6-9(2)11(10)15/h5-7,15,17H,4,8H2,1-3H3,(H,14,16). The topological polar surface area (TPSA) is 69.6 Å². The number of carbonyl (C=O) groups is 1. The summed E-state index contributed by atoms with van der Waals surface area (Å²) in [5.74, 6) is -0.388. The molecule has 1 atom stereocenters. The maximum atomic E-state index is 11.8. The van der Waals surface area contributed by atoms with Crippen molar-refractivity contribution < 1.29 is 15.0 Å². The summed E-state index contributed by atoms with van der Waals surface area (Å²) in [6, 6.07) is 4.99. The largest absolute Gasteiger partial charge is 0.507 e. The van der Waals surface area contributed by atoms with Crippen molar-refractivity contribution in [1.29, 1.82) is 0 Å². The number of aryl methyl sites for hydroxylation is 1. The van der Waals surface area contributed by atoms with Crippen molar-refractivity contribution in [3.8, 4) is 5.75 Å². The van der Waals surface area contributed by atoms with Crippen LogP contribution < -0.4 is 5.32 Å². The van der Waals surface area contributed by atoms with Gasteiger partial charge in [-0.05, 0) is 31.9 Å². The molecular weight excluding hydrogens is 218 g/mol. The molecule has 1 amide bonds. The second-order valence-electron chi connectivity index (χ2n) is 4.50. The molecular formula is C13H19NO3. The van der Waals surface area contributed by atoms with E-state index in [9.17, 15) is 15.0 Å². The van der Waals surface area contributed by atoms with Gasteiger partial charge < -0.3 is 15.5 Å². The van der Waals surface area contributed by atoms with E-state index in [-0.39, 0.29) is 23.8 Å². The van der Waals surface area contributed by atoms with E-state index in [4.69, 9.17) is 0 Å². The van der Waals surface area contributed by atoms with Gasteiger partial charge in [-0.25, -0.2) is 0 Å². The number of phenolic OH excluding ortho intramolecular Hbond substituents is 1. The molecule has 0 radical (unpaired) electrons. The number of benzene rings is 1. The maximum Gasteiger partial charge on any atom is 0.255 e. The normalized spacial score (nSPS) is 14.1. The third-order valence-corrected chi connectivity index (χ3v) is 2.87. The zero-order chi connectivity index (χ0) is 13.1. The lowest BCUT2D eigenvalue weighted by Crippen LogP contribution is -2.40. The molecule has 1 aromatic rings. The van der Waals surface area contributed by atoms with Crippen LogP contribution in [0.4, 0.5) is 0 Å². The summed E-state index contributed by atoms with van der Waals surface area (Å²) in [5.41, 5.74) is -0.0356. The Labute approximate surface area is 101 Å². The molecule has 0 spiro atoms. The van der Waals surface area contributed by atoms with Crippen molar-refractivity contribution in [3.63, 3.8) is 0 Å². The van der Waals surface area contributed by atoms with Gasteiger partial charge in [-0.1, -0.05) is 19.1 Å². The van der Waals surface area contributed by atoms with Crippen molar-refractivity contribution in [3.05, 3.63) is 29.3 Å². The van der Waals surface area contributed by atoms with Crippen molar-refractivity contribution in [1.82, 2.24) is 5.32 Å². The maximum absolute atomic E-state index is 11.8. The van der Waals surface area contributed by atoms with Crippen LogP contribution in [0.5, 0.6) is 5.75 Å². The Kier molecular flexibility index (Phi) is 4.12. The van der Waals surface area contributed by atoms with Crippen LogP contribution >= 0.6 is 0 Å². The molecule has 0 fully saturated rings. The van der Waals surface area contributed by atoms with E-state index < -0.39 is 5.60 Å². The minimum Gasteiger partial charge on any atom is -0.507 e. The fourth-order valence-electron chi connectivity index (χ4n) is 1.33. The molecule has 1 unspecified atom stereocenters. The first kappa shape index (κ1) is 13.5. The Balaban J connectivity index is 2.74. The smallest absolute Gasteiger partial charge is 0.255 e. The number of aromatic hydroxyl groups is 1. The van der Waals surface area contributed by atoms with Crippen molar-refractivity contribution in [2.75, 3.05) is 6.54 Å². The van der Waals surface area contributed by atoms with Crippen LogP contribution in [0.25, 0.3) is 0 Å². The number of amides is 1. The Morgan fingerprint density at radius 2 is 2.12 bits per heavy atom. The average molecular weight is 237 g/mol. The summed E-state index contributed by atoms with van der Waals surface area (Å²) in [4.78, 5) is 11.8. The SMILES string of the molecule is CCC(C)(O)CNC(=O)c1cccc(C)c1O. The van der Waals surface area contributed by atoms with Crippen LogP contribution in [0.15, 0.2) is 18.2 Å². The van der Waals surface area contributed by atoms with Gasteiger partial charge >= 0.3 is 0 Å². The Hall–Kier alpha value is -1.55. The summed E-state index contributed by atoms with van der Waals surface area (Å²) >= 11 is 0. The zero-order valence-electron chi connectivity index (χ0n) is 10.4. The fourth-order valence-corrected chi connectivity index (χ4v) is 1.33. The van der Waals surface area contributed by atoms with Gasteiger partial charge in [0.1, 0.15) is 5.75 Å². The molecule has 0 saturated heterocycles.